The van der Waals surface area contributed by atoms with Gasteiger partial charge in [0.1, 0.15) is 5.82 Å². The van der Waals surface area contributed by atoms with Crippen LogP contribution in [0.3, 0.4) is 0 Å². The van der Waals surface area contributed by atoms with Crippen molar-refractivity contribution < 1.29 is 9.18 Å². The van der Waals surface area contributed by atoms with Crippen LogP contribution in [0.25, 0.3) is 0 Å². The van der Waals surface area contributed by atoms with Crippen LogP contribution in [-0.2, 0) is 0 Å². The molecule has 1 heterocycles. The number of halogens is 2. The third-order valence-corrected chi connectivity index (χ3v) is 4.05. The molecule has 1 saturated heterocycles. The highest BCUT2D eigenvalue weighted by atomic mass is 79.9. The van der Waals surface area contributed by atoms with Crippen LogP contribution >= 0.6 is 15.9 Å². The Morgan fingerprint density at radius 2 is 2.20 bits per heavy atom. The molecule has 1 aliphatic heterocycles. The first-order chi connectivity index (χ1) is 9.60. The molecule has 0 bridgehead atoms. The van der Waals surface area contributed by atoms with Crippen molar-refractivity contribution in [3.8, 4) is 6.07 Å². The van der Waals surface area contributed by atoms with E-state index >= 15 is 0 Å². The molecule has 1 aromatic carbocycles. The Bertz CT molecular complexity index is 536. The minimum Gasteiger partial charge on any atom is -0.349 e. The van der Waals surface area contributed by atoms with Crippen LogP contribution in [-0.4, -0.2) is 36.5 Å². The first kappa shape index (κ1) is 14.9. The maximum absolute atomic E-state index is 13.0. The summed E-state index contributed by atoms with van der Waals surface area (Å²) in [4.78, 5) is 14.2. The van der Waals surface area contributed by atoms with Crippen molar-refractivity contribution in [2.45, 2.75) is 18.9 Å². The number of amides is 1. The lowest BCUT2D eigenvalue weighted by Gasteiger charge is -2.30. The lowest BCUT2D eigenvalue weighted by atomic mass is 10.0. The molecule has 1 aliphatic rings. The number of nitrogens with one attached hydrogen (secondary N) is 1. The van der Waals surface area contributed by atoms with Crippen LogP contribution in [0.5, 0.6) is 0 Å². The quantitative estimate of drug-likeness (QED) is 0.859. The summed E-state index contributed by atoms with van der Waals surface area (Å²) in [5, 5.41) is 11.6. The van der Waals surface area contributed by atoms with Gasteiger partial charge in [0.15, 0.2) is 0 Å². The molecule has 1 N–H and O–H groups in total. The molecule has 0 atom stereocenters. The maximum atomic E-state index is 13.0. The Balaban J connectivity index is 1.91. The number of carbonyl (C=O) groups is 1. The molecule has 0 aliphatic carbocycles. The Labute approximate surface area is 125 Å². The fraction of sp³-hybridized carbons (Fsp3) is 0.429. The summed E-state index contributed by atoms with van der Waals surface area (Å²) in [7, 11) is 0. The minimum absolute atomic E-state index is 0.106. The molecule has 1 amide bonds. The lowest BCUT2D eigenvalue weighted by Crippen LogP contribution is -2.44. The van der Waals surface area contributed by atoms with Crippen molar-refractivity contribution in [3.63, 3.8) is 0 Å². The normalized spacial score (nSPS) is 16.6. The molecule has 0 radical (unpaired) electrons. The molecule has 1 aromatic rings. The number of benzene rings is 1. The van der Waals surface area contributed by atoms with E-state index in [1.165, 1.54) is 18.2 Å². The second kappa shape index (κ2) is 6.82. The highest BCUT2D eigenvalue weighted by Gasteiger charge is 2.21. The number of carbonyl (C=O) groups excluding carboxylic acids is 1. The average Bonchev–Trinajstić information content (AvgIpc) is 2.41. The van der Waals surface area contributed by atoms with Crippen molar-refractivity contribution in [2.24, 2.45) is 0 Å². The molecule has 106 valence electrons. The van der Waals surface area contributed by atoms with E-state index in [9.17, 15) is 9.18 Å². The number of rotatable bonds is 3. The molecule has 20 heavy (non-hydrogen) atoms. The summed E-state index contributed by atoms with van der Waals surface area (Å²) in [5.41, 5.74) is 0.436. The molecule has 0 saturated carbocycles. The molecule has 4 nitrogen and oxygen atoms in total. The van der Waals surface area contributed by atoms with Gasteiger partial charge in [-0.15, -0.1) is 0 Å². The summed E-state index contributed by atoms with van der Waals surface area (Å²) in [5.74, 6) is -0.575. The number of hydrogen-bond donors (Lipinski definition) is 1. The lowest BCUT2D eigenvalue weighted by molar-refractivity contribution is 0.0913. The molecule has 0 unspecified atom stereocenters. The third kappa shape index (κ3) is 3.78. The zero-order valence-electron chi connectivity index (χ0n) is 10.9. The first-order valence-corrected chi connectivity index (χ1v) is 7.24. The molecule has 6 heteroatoms. The fourth-order valence-corrected chi connectivity index (χ4v) is 2.80. The zero-order valence-corrected chi connectivity index (χ0v) is 12.5. The summed E-state index contributed by atoms with van der Waals surface area (Å²) < 4.78 is 13.4. The van der Waals surface area contributed by atoms with E-state index in [4.69, 9.17) is 5.26 Å². The predicted molar refractivity (Wildman–Crippen MR) is 76.6 cm³/mol. The van der Waals surface area contributed by atoms with Gasteiger partial charge in [0, 0.05) is 23.6 Å². The van der Waals surface area contributed by atoms with Crippen molar-refractivity contribution in [2.75, 3.05) is 19.6 Å². The fourth-order valence-electron chi connectivity index (χ4n) is 2.27. The molecule has 1 fully saturated rings. The van der Waals surface area contributed by atoms with Gasteiger partial charge >= 0.3 is 0 Å². The van der Waals surface area contributed by atoms with Crippen molar-refractivity contribution in [3.05, 3.63) is 34.1 Å². The van der Waals surface area contributed by atoms with E-state index in [1.54, 1.807) is 0 Å². The Morgan fingerprint density at radius 1 is 1.50 bits per heavy atom. The Kier molecular flexibility index (Phi) is 5.10. The van der Waals surface area contributed by atoms with Gasteiger partial charge in [0.2, 0.25) is 0 Å². The highest BCUT2D eigenvalue weighted by molar-refractivity contribution is 9.10. The van der Waals surface area contributed by atoms with Gasteiger partial charge in [-0.05, 0) is 47.0 Å². The van der Waals surface area contributed by atoms with Gasteiger partial charge in [0.05, 0.1) is 18.2 Å². The molecular weight excluding hydrogens is 325 g/mol. The minimum atomic E-state index is -0.377. The van der Waals surface area contributed by atoms with Crippen LogP contribution < -0.4 is 5.32 Å². The van der Waals surface area contributed by atoms with E-state index in [0.29, 0.717) is 16.6 Å². The summed E-state index contributed by atoms with van der Waals surface area (Å²) in [6.07, 6.45) is 1.65. The van der Waals surface area contributed by atoms with Gasteiger partial charge in [-0.2, -0.15) is 5.26 Å². The Hall–Kier alpha value is -1.45. The molecule has 0 spiro atoms. The zero-order chi connectivity index (χ0) is 14.5. The monoisotopic (exact) mass is 339 g/mol. The number of piperidine rings is 1. The number of hydrogen-bond acceptors (Lipinski definition) is 3. The van der Waals surface area contributed by atoms with Gasteiger partial charge < -0.3 is 5.32 Å². The summed E-state index contributed by atoms with van der Waals surface area (Å²) in [6.45, 7) is 2.05. The van der Waals surface area contributed by atoms with E-state index in [-0.39, 0.29) is 17.8 Å². The van der Waals surface area contributed by atoms with Gasteiger partial charge in [-0.3, -0.25) is 9.69 Å². The molecule has 2 rings (SSSR count). The highest BCUT2D eigenvalue weighted by Crippen LogP contribution is 2.19. The number of nitriles is 1. The predicted octanol–water partition coefficient (Wildman–Crippen LogP) is 2.31. The van der Waals surface area contributed by atoms with Gasteiger partial charge in [0.25, 0.3) is 5.91 Å². The summed E-state index contributed by atoms with van der Waals surface area (Å²) in [6, 6.07) is 6.26. The average molecular weight is 340 g/mol. The SMILES string of the molecule is N#CCN1CCC(NC(=O)c2ccc(F)cc2Br)CC1. The van der Waals surface area contributed by atoms with Crippen molar-refractivity contribution in [1.82, 2.24) is 10.2 Å². The smallest absolute Gasteiger partial charge is 0.252 e. The standard InChI is InChI=1S/C14H15BrFN3O/c15-13-9-10(16)1-2-12(13)14(20)18-11-3-6-19(7-4-11)8-5-17/h1-2,9,11H,3-4,6-8H2,(H,18,20). The van der Waals surface area contributed by atoms with E-state index in [2.05, 4.69) is 32.2 Å². The van der Waals surface area contributed by atoms with Crippen LogP contribution in [0.4, 0.5) is 4.39 Å². The second-order valence-electron chi connectivity index (χ2n) is 4.81. The summed E-state index contributed by atoms with van der Waals surface area (Å²) >= 11 is 3.20. The van der Waals surface area contributed by atoms with Crippen LogP contribution in [0.2, 0.25) is 0 Å². The second-order valence-corrected chi connectivity index (χ2v) is 5.66. The molecular formula is C14H15BrFN3O. The van der Waals surface area contributed by atoms with Crippen LogP contribution in [0.1, 0.15) is 23.2 Å². The van der Waals surface area contributed by atoms with Crippen molar-refractivity contribution in [1.29, 1.82) is 5.26 Å². The first-order valence-electron chi connectivity index (χ1n) is 6.45. The van der Waals surface area contributed by atoms with Crippen LogP contribution in [0.15, 0.2) is 22.7 Å². The topological polar surface area (TPSA) is 56.1 Å². The van der Waals surface area contributed by atoms with Crippen molar-refractivity contribution >= 4 is 21.8 Å². The van der Waals surface area contributed by atoms with E-state index in [1.807, 2.05) is 0 Å². The van der Waals surface area contributed by atoms with E-state index < -0.39 is 0 Å². The van der Waals surface area contributed by atoms with E-state index in [0.717, 1.165) is 25.9 Å². The molecule has 0 aromatic heterocycles. The van der Waals surface area contributed by atoms with Gasteiger partial charge in [-0.25, -0.2) is 4.39 Å². The third-order valence-electron chi connectivity index (χ3n) is 3.39. The Morgan fingerprint density at radius 3 is 2.80 bits per heavy atom. The number of nitrogens with zero attached hydrogens (tertiary/aromatic N) is 2. The van der Waals surface area contributed by atoms with Gasteiger partial charge in [-0.1, -0.05) is 0 Å². The number of likely N-dealkylation sites (tertiary alicyclic amines) is 1. The maximum Gasteiger partial charge on any atom is 0.252 e. The largest absolute Gasteiger partial charge is 0.349 e. The van der Waals surface area contributed by atoms with Crippen LogP contribution in [0, 0.1) is 17.1 Å².